The molecule has 132 valence electrons. The van der Waals surface area contributed by atoms with Gasteiger partial charge in [0, 0.05) is 23.1 Å². The van der Waals surface area contributed by atoms with Crippen molar-refractivity contribution in [2.45, 2.75) is 13.8 Å². The van der Waals surface area contributed by atoms with Crippen LogP contribution in [0.25, 0.3) is 0 Å². The fourth-order valence-corrected chi connectivity index (χ4v) is 2.77. The van der Waals surface area contributed by atoms with E-state index in [1.165, 1.54) is 12.1 Å². The summed E-state index contributed by atoms with van der Waals surface area (Å²) >= 11 is 0. The molecule has 26 heavy (non-hydrogen) atoms. The number of nitrogens with one attached hydrogen (secondary N) is 3. The second-order valence-corrected chi connectivity index (χ2v) is 6.17. The van der Waals surface area contributed by atoms with E-state index in [0.717, 1.165) is 28.3 Å². The lowest BCUT2D eigenvalue weighted by Gasteiger charge is -2.12. The van der Waals surface area contributed by atoms with Gasteiger partial charge in [0.05, 0.1) is 5.69 Å². The Morgan fingerprint density at radius 2 is 1.96 bits per heavy atom. The molecule has 0 radical (unpaired) electrons. The standard InChI is InChI=1S/C19H18FN5O/c1-11-5-13(20)7-15(6-11)24-19-21-9-12(2)18(25-19)23-14-3-4-17-16(8-14)22-10-26-17/h3-9,22H,10H2,1-2H3,(H2,21,23,24,25). The van der Waals surface area contributed by atoms with E-state index in [0.29, 0.717) is 24.2 Å². The molecule has 1 aromatic heterocycles. The summed E-state index contributed by atoms with van der Waals surface area (Å²) in [5, 5.41) is 9.49. The lowest BCUT2D eigenvalue weighted by atomic mass is 10.2. The van der Waals surface area contributed by atoms with Crippen LogP contribution in [0.4, 0.5) is 33.2 Å². The van der Waals surface area contributed by atoms with Gasteiger partial charge in [-0.15, -0.1) is 0 Å². The van der Waals surface area contributed by atoms with Crippen LogP contribution in [0.1, 0.15) is 11.1 Å². The van der Waals surface area contributed by atoms with Crippen LogP contribution >= 0.6 is 0 Å². The van der Waals surface area contributed by atoms with Crippen molar-refractivity contribution in [3.05, 3.63) is 59.5 Å². The zero-order chi connectivity index (χ0) is 18.1. The summed E-state index contributed by atoms with van der Waals surface area (Å²) in [6, 6.07) is 10.5. The van der Waals surface area contributed by atoms with Crippen molar-refractivity contribution in [2.24, 2.45) is 0 Å². The van der Waals surface area contributed by atoms with E-state index in [-0.39, 0.29) is 5.82 Å². The van der Waals surface area contributed by atoms with Gasteiger partial charge in [-0.25, -0.2) is 9.37 Å². The first kappa shape index (κ1) is 16.1. The van der Waals surface area contributed by atoms with Crippen molar-refractivity contribution < 1.29 is 9.13 Å². The Labute approximate surface area is 150 Å². The first-order chi connectivity index (χ1) is 12.6. The van der Waals surface area contributed by atoms with Gasteiger partial charge >= 0.3 is 0 Å². The van der Waals surface area contributed by atoms with Gasteiger partial charge < -0.3 is 20.7 Å². The molecule has 3 N–H and O–H groups in total. The lowest BCUT2D eigenvalue weighted by molar-refractivity contribution is 0.372. The van der Waals surface area contributed by atoms with E-state index in [4.69, 9.17) is 4.74 Å². The molecule has 0 spiro atoms. The predicted octanol–water partition coefficient (Wildman–Crippen LogP) is 4.48. The largest absolute Gasteiger partial charge is 0.471 e. The predicted molar refractivity (Wildman–Crippen MR) is 100 cm³/mol. The monoisotopic (exact) mass is 351 g/mol. The number of anilines is 5. The number of benzene rings is 2. The Balaban J connectivity index is 1.58. The molecule has 2 aromatic carbocycles. The van der Waals surface area contributed by atoms with Crippen LogP contribution in [0.5, 0.6) is 5.75 Å². The maximum absolute atomic E-state index is 13.6. The number of nitrogens with zero attached hydrogens (tertiary/aromatic N) is 2. The van der Waals surface area contributed by atoms with E-state index < -0.39 is 0 Å². The fraction of sp³-hybridized carbons (Fsp3) is 0.158. The van der Waals surface area contributed by atoms with Gasteiger partial charge in [0.15, 0.2) is 6.73 Å². The van der Waals surface area contributed by atoms with Crippen molar-refractivity contribution in [1.29, 1.82) is 0 Å². The minimum Gasteiger partial charge on any atom is -0.471 e. The maximum Gasteiger partial charge on any atom is 0.229 e. The number of halogens is 1. The highest BCUT2D eigenvalue weighted by molar-refractivity contribution is 5.70. The molecule has 0 saturated heterocycles. The van der Waals surface area contributed by atoms with Crippen LogP contribution in [0.15, 0.2) is 42.6 Å². The quantitative estimate of drug-likeness (QED) is 0.644. The van der Waals surface area contributed by atoms with Crippen LogP contribution in [0.2, 0.25) is 0 Å². The molecule has 0 fully saturated rings. The molecule has 6 nitrogen and oxygen atoms in total. The van der Waals surface area contributed by atoms with Crippen LogP contribution in [-0.4, -0.2) is 16.7 Å². The highest BCUT2D eigenvalue weighted by Crippen LogP contribution is 2.33. The number of aromatic nitrogens is 2. The van der Waals surface area contributed by atoms with E-state index in [1.807, 2.05) is 38.1 Å². The van der Waals surface area contributed by atoms with Crippen molar-refractivity contribution in [2.75, 3.05) is 22.7 Å². The van der Waals surface area contributed by atoms with Crippen molar-refractivity contribution in [3.8, 4) is 5.75 Å². The molecule has 0 aliphatic carbocycles. The average molecular weight is 351 g/mol. The fourth-order valence-electron chi connectivity index (χ4n) is 2.77. The van der Waals surface area contributed by atoms with Gasteiger partial charge in [0.25, 0.3) is 0 Å². The van der Waals surface area contributed by atoms with Gasteiger partial charge in [-0.1, -0.05) is 0 Å². The van der Waals surface area contributed by atoms with Gasteiger partial charge in [-0.05, 0) is 55.8 Å². The number of aryl methyl sites for hydroxylation is 2. The zero-order valence-electron chi connectivity index (χ0n) is 14.4. The summed E-state index contributed by atoms with van der Waals surface area (Å²) in [7, 11) is 0. The SMILES string of the molecule is Cc1cc(F)cc(Nc2ncc(C)c(Nc3ccc4c(c3)NCO4)n2)c1. The van der Waals surface area contributed by atoms with Crippen molar-refractivity contribution >= 4 is 28.8 Å². The molecule has 0 unspecified atom stereocenters. The number of fused-ring (bicyclic) bond motifs is 1. The van der Waals surface area contributed by atoms with Gasteiger partial charge in [0.2, 0.25) is 5.95 Å². The number of rotatable bonds is 4. The molecule has 0 atom stereocenters. The van der Waals surface area contributed by atoms with E-state index >= 15 is 0 Å². The Hall–Kier alpha value is -3.35. The zero-order valence-corrected chi connectivity index (χ0v) is 14.4. The third kappa shape index (κ3) is 3.37. The second kappa shape index (κ2) is 6.51. The first-order valence-electron chi connectivity index (χ1n) is 8.22. The summed E-state index contributed by atoms with van der Waals surface area (Å²) < 4.78 is 19.0. The van der Waals surface area contributed by atoms with Crippen LogP contribution in [0, 0.1) is 19.7 Å². The molecule has 2 heterocycles. The molecule has 7 heteroatoms. The molecule has 0 saturated carbocycles. The molecule has 3 aromatic rings. The smallest absolute Gasteiger partial charge is 0.229 e. The van der Waals surface area contributed by atoms with Crippen LogP contribution in [0.3, 0.4) is 0 Å². The summed E-state index contributed by atoms with van der Waals surface area (Å²) in [6.45, 7) is 4.24. The third-order valence-electron chi connectivity index (χ3n) is 4.00. The summed E-state index contributed by atoms with van der Waals surface area (Å²) in [4.78, 5) is 8.78. The van der Waals surface area contributed by atoms with Gasteiger partial charge in [-0.2, -0.15) is 4.98 Å². The highest BCUT2D eigenvalue weighted by atomic mass is 19.1. The van der Waals surface area contributed by atoms with E-state index in [1.54, 1.807) is 6.20 Å². The van der Waals surface area contributed by atoms with E-state index in [2.05, 4.69) is 25.9 Å². The van der Waals surface area contributed by atoms with Crippen LogP contribution in [-0.2, 0) is 0 Å². The molecular weight excluding hydrogens is 333 g/mol. The Kier molecular flexibility index (Phi) is 4.04. The average Bonchev–Trinajstić information content (AvgIpc) is 3.05. The molecule has 0 bridgehead atoms. The van der Waals surface area contributed by atoms with E-state index in [9.17, 15) is 4.39 Å². The number of hydrogen-bond acceptors (Lipinski definition) is 6. The normalized spacial score (nSPS) is 12.1. The molecule has 4 rings (SSSR count). The lowest BCUT2D eigenvalue weighted by Crippen LogP contribution is -2.03. The number of ether oxygens (including phenoxy) is 1. The maximum atomic E-state index is 13.6. The second-order valence-electron chi connectivity index (χ2n) is 6.17. The van der Waals surface area contributed by atoms with Gasteiger partial charge in [0.1, 0.15) is 17.4 Å². The summed E-state index contributed by atoms with van der Waals surface area (Å²) in [6.07, 6.45) is 1.72. The Bertz CT molecular complexity index is 956. The highest BCUT2D eigenvalue weighted by Gasteiger charge is 2.12. The Morgan fingerprint density at radius 1 is 1.08 bits per heavy atom. The minimum absolute atomic E-state index is 0.300. The summed E-state index contributed by atoms with van der Waals surface area (Å²) in [5.74, 6) is 1.60. The molecule has 1 aliphatic rings. The van der Waals surface area contributed by atoms with Crippen molar-refractivity contribution in [1.82, 2.24) is 9.97 Å². The molecule has 0 amide bonds. The summed E-state index contributed by atoms with van der Waals surface area (Å²) in [5.41, 5.74) is 4.16. The van der Waals surface area contributed by atoms with Crippen molar-refractivity contribution in [3.63, 3.8) is 0 Å². The van der Waals surface area contributed by atoms with Gasteiger partial charge in [-0.3, -0.25) is 0 Å². The topological polar surface area (TPSA) is 71.1 Å². The molecule has 1 aliphatic heterocycles. The first-order valence-corrected chi connectivity index (χ1v) is 8.22. The third-order valence-corrected chi connectivity index (χ3v) is 4.00. The minimum atomic E-state index is -0.300. The Morgan fingerprint density at radius 3 is 2.81 bits per heavy atom. The number of hydrogen-bond donors (Lipinski definition) is 3. The van der Waals surface area contributed by atoms with Crippen LogP contribution < -0.4 is 20.7 Å². The molecular formula is C19H18FN5O.